The Bertz CT molecular complexity index is 1310. The van der Waals surface area contributed by atoms with E-state index >= 15 is 0 Å². The van der Waals surface area contributed by atoms with Gasteiger partial charge in [0, 0.05) is 41.8 Å². The zero-order valence-corrected chi connectivity index (χ0v) is 22.0. The first kappa shape index (κ1) is 26.3. The highest BCUT2D eigenvalue weighted by molar-refractivity contribution is 6.30. The van der Waals surface area contributed by atoms with Gasteiger partial charge in [-0.3, -0.25) is 9.59 Å². The number of aromatic nitrogens is 2. The van der Waals surface area contributed by atoms with Crippen molar-refractivity contribution in [3.8, 4) is 11.4 Å². The summed E-state index contributed by atoms with van der Waals surface area (Å²) < 4.78 is 5.03. The molecule has 1 aliphatic rings. The standard InChI is InChI=1S/C28H29ClN4O4/c1-17(2)23-22(28(36)37-4)24(31-25(30-23)19-8-6-5-7-9-19)27(35)32-14-15-33(18(3)16-32)26(34)20-10-12-21(29)13-11-20/h5-13,17-18H,14-16H2,1-4H3. The molecular weight excluding hydrogens is 492 g/mol. The Morgan fingerprint density at radius 2 is 1.65 bits per heavy atom. The number of halogens is 1. The van der Waals surface area contributed by atoms with Crippen LogP contribution in [0.4, 0.5) is 0 Å². The summed E-state index contributed by atoms with van der Waals surface area (Å²) in [6.07, 6.45) is 0. The number of hydrogen-bond donors (Lipinski definition) is 0. The van der Waals surface area contributed by atoms with Crippen LogP contribution >= 0.6 is 11.6 Å². The molecule has 1 atom stereocenters. The molecule has 3 aromatic rings. The van der Waals surface area contributed by atoms with Gasteiger partial charge in [-0.05, 0) is 37.1 Å². The quantitative estimate of drug-likeness (QED) is 0.453. The van der Waals surface area contributed by atoms with Gasteiger partial charge in [0.1, 0.15) is 11.3 Å². The van der Waals surface area contributed by atoms with Crippen LogP contribution in [-0.2, 0) is 4.74 Å². The fourth-order valence-corrected chi connectivity index (χ4v) is 4.55. The van der Waals surface area contributed by atoms with Crippen molar-refractivity contribution in [2.75, 3.05) is 26.7 Å². The average molecular weight is 521 g/mol. The Morgan fingerprint density at radius 1 is 0.973 bits per heavy atom. The van der Waals surface area contributed by atoms with Crippen molar-refractivity contribution < 1.29 is 19.1 Å². The highest BCUT2D eigenvalue weighted by Gasteiger charge is 2.35. The smallest absolute Gasteiger partial charge is 0.342 e. The van der Waals surface area contributed by atoms with Gasteiger partial charge >= 0.3 is 5.97 Å². The van der Waals surface area contributed by atoms with Crippen LogP contribution in [0, 0.1) is 0 Å². The van der Waals surface area contributed by atoms with Gasteiger partial charge in [0.2, 0.25) is 0 Å². The van der Waals surface area contributed by atoms with Gasteiger partial charge in [0.05, 0.1) is 12.8 Å². The Balaban J connectivity index is 1.67. The Hall–Kier alpha value is -3.78. The van der Waals surface area contributed by atoms with Crippen LogP contribution in [0.15, 0.2) is 54.6 Å². The number of ether oxygens (including phenoxy) is 1. The summed E-state index contributed by atoms with van der Waals surface area (Å²) in [6, 6.07) is 15.8. The number of carbonyl (C=O) groups is 3. The molecule has 1 aromatic heterocycles. The van der Waals surface area contributed by atoms with Crippen molar-refractivity contribution in [2.24, 2.45) is 0 Å². The van der Waals surface area contributed by atoms with Crippen molar-refractivity contribution >= 4 is 29.4 Å². The predicted octanol–water partition coefficient (Wildman–Crippen LogP) is 4.69. The highest BCUT2D eigenvalue weighted by Crippen LogP contribution is 2.27. The number of hydrogen-bond acceptors (Lipinski definition) is 6. The second kappa shape index (κ2) is 11.1. The molecule has 4 rings (SSSR count). The van der Waals surface area contributed by atoms with Crippen molar-refractivity contribution in [1.29, 1.82) is 0 Å². The lowest BCUT2D eigenvalue weighted by atomic mass is 10.00. The second-order valence-electron chi connectivity index (χ2n) is 9.27. The minimum Gasteiger partial charge on any atom is -0.465 e. The molecule has 37 heavy (non-hydrogen) atoms. The number of rotatable bonds is 5. The van der Waals surface area contributed by atoms with Crippen LogP contribution in [0.1, 0.15) is 63.6 Å². The van der Waals surface area contributed by atoms with Crippen molar-refractivity contribution in [3.05, 3.63) is 82.1 Å². The molecular formula is C28H29ClN4O4. The molecule has 1 fully saturated rings. The number of esters is 1. The Morgan fingerprint density at radius 3 is 2.24 bits per heavy atom. The molecule has 0 saturated carbocycles. The van der Waals surface area contributed by atoms with E-state index in [0.29, 0.717) is 41.7 Å². The summed E-state index contributed by atoms with van der Waals surface area (Å²) in [5.41, 5.74) is 1.81. The van der Waals surface area contributed by atoms with Gasteiger partial charge in [-0.2, -0.15) is 0 Å². The molecule has 0 aliphatic carbocycles. The lowest BCUT2D eigenvalue weighted by Crippen LogP contribution is -2.55. The first-order valence-electron chi connectivity index (χ1n) is 12.1. The first-order valence-corrected chi connectivity index (χ1v) is 12.5. The fraction of sp³-hybridized carbons (Fsp3) is 0.321. The largest absolute Gasteiger partial charge is 0.465 e. The molecule has 9 heteroatoms. The van der Waals surface area contributed by atoms with E-state index in [2.05, 4.69) is 9.97 Å². The number of amides is 2. The molecule has 1 unspecified atom stereocenters. The number of benzene rings is 2. The maximum Gasteiger partial charge on any atom is 0.342 e. The number of nitrogens with zero attached hydrogens (tertiary/aromatic N) is 4. The fourth-order valence-electron chi connectivity index (χ4n) is 4.42. The van der Waals surface area contributed by atoms with E-state index in [1.807, 2.05) is 51.1 Å². The summed E-state index contributed by atoms with van der Waals surface area (Å²) >= 11 is 5.96. The van der Waals surface area contributed by atoms with E-state index in [1.54, 1.807) is 34.1 Å². The number of methoxy groups -OCH3 is 1. The van der Waals surface area contributed by atoms with Crippen LogP contribution in [0.3, 0.4) is 0 Å². The summed E-state index contributed by atoms with van der Waals surface area (Å²) in [6.45, 7) is 6.63. The van der Waals surface area contributed by atoms with Gasteiger partial charge < -0.3 is 14.5 Å². The van der Waals surface area contributed by atoms with E-state index in [1.165, 1.54) is 7.11 Å². The van der Waals surface area contributed by atoms with Crippen LogP contribution < -0.4 is 0 Å². The van der Waals surface area contributed by atoms with E-state index in [4.69, 9.17) is 16.3 Å². The van der Waals surface area contributed by atoms with Crippen LogP contribution in [-0.4, -0.2) is 70.3 Å². The molecule has 2 aromatic carbocycles. The first-order chi connectivity index (χ1) is 17.7. The topological polar surface area (TPSA) is 92.7 Å². The summed E-state index contributed by atoms with van der Waals surface area (Å²) in [4.78, 5) is 52.3. The summed E-state index contributed by atoms with van der Waals surface area (Å²) in [7, 11) is 1.27. The van der Waals surface area contributed by atoms with Crippen molar-refractivity contribution in [1.82, 2.24) is 19.8 Å². The van der Waals surface area contributed by atoms with Crippen molar-refractivity contribution in [2.45, 2.75) is 32.7 Å². The molecule has 0 spiro atoms. The lowest BCUT2D eigenvalue weighted by molar-refractivity contribution is 0.0408. The average Bonchev–Trinajstić information content (AvgIpc) is 2.91. The molecule has 192 valence electrons. The molecule has 2 amide bonds. The molecule has 1 saturated heterocycles. The molecule has 0 N–H and O–H groups in total. The highest BCUT2D eigenvalue weighted by atomic mass is 35.5. The van der Waals surface area contributed by atoms with E-state index in [-0.39, 0.29) is 29.1 Å². The van der Waals surface area contributed by atoms with E-state index < -0.39 is 11.9 Å². The van der Waals surface area contributed by atoms with Crippen LogP contribution in [0.25, 0.3) is 11.4 Å². The SMILES string of the molecule is COC(=O)c1c(C(=O)N2CCN(C(=O)c3ccc(Cl)cc3)C(C)C2)nc(-c2ccccc2)nc1C(C)C. The maximum absolute atomic E-state index is 13.8. The summed E-state index contributed by atoms with van der Waals surface area (Å²) in [5, 5.41) is 0.557. The molecule has 0 bridgehead atoms. The van der Waals surface area contributed by atoms with E-state index in [0.717, 1.165) is 5.56 Å². The summed E-state index contributed by atoms with van der Waals surface area (Å²) in [5.74, 6) is -0.964. The zero-order valence-electron chi connectivity index (χ0n) is 21.3. The third-order valence-corrected chi connectivity index (χ3v) is 6.63. The minimum atomic E-state index is -0.656. The monoisotopic (exact) mass is 520 g/mol. The molecule has 8 nitrogen and oxygen atoms in total. The molecule has 1 aliphatic heterocycles. The van der Waals surface area contributed by atoms with Gasteiger partial charge in [0.15, 0.2) is 5.82 Å². The third-order valence-electron chi connectivity index (χ3n) is 6.37. The zero-order chi connectivity index (χ0) is 26.7. The van der Waals surface area contributed by atoms with Crippen LogP contribution in [0.2, 0.25) is 5.02 Å². The van der Waals surface area contributed by atoms with Gasteiger partial charge in [-0.1, -0.05) is 55.8 Å². The van der Waals surface area contributed by atoms with Gasteiger partial charge in [-0.25, -0.2) is 14.8 Å². The lowest BCUT2D eigenvalue weighted by Gasteiger charge is -2.40. The molecule has 0 radical (unpaired) electrons. The number of carbonyl (C=O) groups excluding carboxylic acids is 3. The van der Waals surface area contributed by atoms with Crippen LogP contribution in [0.5, 0.6) is 0 Å². The number of piperazine rings is 1. The third kappa shape index (κ3) is 5.49. The Labute approximate surface area is 221 Å². The normalized spacial score (nSPS) is 15.6. The predicted molar refractivity (Wildman–Crippen MR) is 141 cm³/mol. The maximum atomic E-state index is 13.8. The second-order valence-corrected chi connectivity index (χ2v) is 9.71. The van der Waals surface area contributed by atoms with Gasteiger partial charge in [0.25, 0.3) is 11.8 Å². The Kier molecular flexibility index (Phi) is 7.88. The van der Waals surface area contributed by atoms with E-state index in [9.17, 15) is 14.4 Å². The molecule has 2 heterocycles. The van der Waals surface area contributed by atoms with Crippen molar-refractivity contribution in [3.63, 3.8) is 0 Å². The minimum absolute atomic E-state index is 0.00841. The van der Waals surface area contributed by atoms with Gasteiger partial charge in [-0.15, -0.1) is 0 Å².